The van der Waals surface area contributed by atoms with Crippen molar-refractivity contribution in [2.45, 2.75) is 19.0 Å². The molecule has 2 N–H and O–H groups in total. The van der Waals surface area contributed by atoms with Crippen LogP contribution >= 0.6 is 24.0 Å². The van der Waals surface area contributed by atoms with E-state index in [1.807, 2.05) is 42.1 Å². The van der Waals surface area contributed by atoms with Gasteiger partial charge in [-0.3, -0.25) is 9.79 Å². The molecule has 1 aromatic carbocycles. The number of anilines is 1. The molecule has 2 aromatic rings. The minimum Gasteiger partial charge on any atom is -0.497 e. The molecule has 1 aliphatic heterocycles. The summed E-state index contributed by atoms with van der Waals surface area (Å²) in [4.78, 5) is 22.7. The summed E-state index contributed by atoms with van der Waals surface area (Å²) >= 11 is 0. The number of nitrogens with one attached hydrogen (secondary N) is 2. The Kier molecular flexibility index (Phi) is 7.45. The fourth-order valence-electron chi connectivity index (χ4n) is 2.95. The van der Waals surface area contributed by atoms with E-state index in [-0.39, 0.29) is 35.9 Å². The van der Waals surface area contributed by atoms with Crippen LogP contribution in [0.15, 0.2) is 41.7 Å². The molecule has 1 aliphatic rings. The molecule has 27 heavy (non-hydrogen) atoms. The number of carbonyl (C=O) groups is 1. The number of ether oxygens (including phenoxy) is 1. The van der Waals surface area contributed by atoms with E-state index in [1.54, 1.807) is 25.3 Å². The van der Waals surface area contributed by atoms with Crippen LogP contribution in [0.4, 0.5) is 5.69 Å². The standard InChI is InChI=1S/C18H24N6O2.HI/c1-19-18(21-11-16-20-7-8-23(16)2)22-13-9-17(25)24(12-13)14-5-4-6-15(10-14)26-3;/h4-8,10,13H,9,11-12H2,1-3H3,(H2,19,21,22);1H. The van der Waals surface area contributed by atoms with Gasteiger partial charge in [0.25, 0.3) is 0 Å². The molecular weight excluding hydrogens is 459 g/mol. The number of hydrogen-bond acceptors (Lipinski definition) is 4. The number of hydrogen-bond donors (Lipinski definition) is 2. The van der Waals surface area contributed by atoms with Crippen LogP contribution < -0.4 is 20.3 Å². The van der Waals surface area contributed by atoms with Gasteiger partial charge in [0, 0.05) is 51.2 Å². The molecule has 0 spiro atoms. The van der Waals surface area contributed by atoms with Gasteiger partial charge in [-0.25, -0.2) is 4.98 Å². The van der Waals surface area contributed by atoms with Gasteiger partial charge in [-0.05, 0) is 12.1 Å². The quantitative estimate of drug-likeness (QED) is 0.382. The van der Waals surface area contributed by atoms with Gasteiger partial charge in [-0.2, -0.15) is 0 Å². The average Bonchev–Trinajstić information content (AvgIpc) is 3.23. The van der Waals surface area contributed by atoms with E-state index in [2.05, 4.69) is 20.6 Å². The van der Waals surface area contributed by atoms with E-state index in [0.29, 0.717) is 25.5 Å². The minimum atomic E-state index is -0.0127. The average molecular weight is 484 g/mol. The number of carbonyl (C=O) groups excluding carboxylic acids is 1. The number of nitrogens with zero attached hydrogens (tertiary/aromatic N) is 4. The van der Waals surface area contributed by atoms with Gasteiger partial charge < -0.3 is 24.8 Å². The second-order valence-electron chi connectivity index (χ2n) is 6.13. The van der Waals surface area contributed by atoms with Gasteiger partial charge >= 0.3 is 0 Å². The maximum atomic E-state index is 12.4. The first-order chi connectivity index (χ1) is 12.6. The third-order valence-corrected chi connectivity index (χ3v) is 4.39. The number of halogens is 1. The number of rotatable bonds is 5. The highest BCUT2D eigenvalue weighted by Crippen LogP contribution is 2.25. The molecule has 3 rings (SSSR count). The molecule has 1 aromatic heterocycles. The Balaban J connectivity index is 0.00000261. The number of amides is 1. The molecule has 1 amide bonds. The molecule has 9 heteroatoms. The van der Waals surface area contributed by atoms with Crippen LogP contribution in [-0.2, 0) is 18.4 Å². The third kappa shape index (κ3) is 5.12. The van der Waals surface area contributed by atoms with Gasteiger partial charge in [0.1, 0.15) is 11.6 Å². The summed E-state index contributed by atoms with van der Waals surface area (Å²) in [6, 6.07) is 7.52. The number of aliphatic imine (C=N–C) groups is 1. The van der Waals surface area contributed by atoms with Gasteiger partial charge in [0.05, 0.1) is 19.7 Å². The van der Waals surface area contributed by atoms with Crippen LogP contribution in [0.25, 0.3) is 0 Å². The first-order valence-electron chi connectivity index (χ1n) is 8.48. The van der Waals surface area contributed by atoms with Crippen molar-refractivity contribution in [3.8, 4) is 5.75 Å². The highest BCUT2D eigenvalue weighted by Gasteiger charge is 2.31. The Morgan fingerprint density at radius 3 is 2.93 bits per heavy atom. The Morgan fingerprint density at radius 2 is 2.26 bits per heavy atom. The largest absolute Gasteiger partial charge is 0.497 e. The molecule has 146 valence electrons. The van der Waals surface area contributed by atoms with Gasteiger partial charge in [-0.1, -0.05) is 6.07 Å². The fourth-order valence-corrected chi connectivity index (χ4v) is 2.95. The summed E-state index contributed by atoms with van der Waals surface area (Å²) in [6.07, 6.45) is 4.07. The molecule has 0 saturated carbocycles. The Hall–Kier alpha value is -2.30. The van der Waals surface area contributed by atoms with E-state index in [1.165, 1.54) is 0 Å². The zero-order valence-corrected chi connectivity index (χ0v) is 18.0. The maximum absolute atomic E-state index is 12.4. The first kappa shape index (κ1) is 21.0. The monoisotopic (exact) mass is 484 g/mol. The van der Waals surface area contributed by atoms with E-state index in [9.17, 15) is 4.79 Å². The van der Waals surface area contributed by atoms with E-state index in [4.69, 9.17) is 4.74 Å². The Labute approximate surface area is 176 Å². The summed E-state index contributed by atoms with van der Waals surface area (Å²) < 4.78 is 7.19. The number of imidazole rings is 1. The molecular formula is C18H25IN6O2. The Bertz CT molecular complexity index is 807. The summed E-state index contributed by atoms with van der Waals surface area (Å²) in [5, 5.41) is 6.55. The van der Waals surface area contributed by atoms with Crippen LogP contribution in [0.5, 0.6) is 5.75 Å². The molecule has 0 radical (unpaired) electrons. The molecule has 1 atom stereocenters. The third-order valence-electron chi connectivity index (χ3n) is 4.39. The predicted octanol–water partition coefficient (Wildman–Crippen LogP) is 1.52. The van der Waals surface area contributed by atoms with Crippen molar-refractivity contribution >= 4 is 41.5 Å². The van der Waals surface area contributed by atoms with Gasteiger partial charge in [0.2, 0.25) is 5.91 Å². The molecule has 2 heterocycles. The first-order valence-corrected chi connectivity index (χ1v) is 8.48. The number of guanidine groups is 1. The lowest BCUT2D eigenvalue weighted by molar-refractivity contribution is -0.117. The normalized spacial score (nSPS) is 16.9. The van der Waals surface area contributed by atoms with Gasteiger partial charge in [0.15, 0.2) is 5.96 Å². The van der Waals surface area contributed by atoms with E-state index < -0.39 is 0 Å². The molecule has 0 aliphatic carbocycles. The maximum Gasteiger partial charge on any atom is 0.229 e. The number of benzene rings is 1. The van der Waals surface area contributed by atoms with Crippen LogP contribution in [0, 0.1) is 0 Å². The van der Waals surface area contributed by atoms with Crippen molar-refractivity contribution in [3.63, 3.8) is 0 Å². The van der Waals surface area contributed by atoms with E-state index in [0.717, 1.165) is 17.3 Å². The smallest absolute Gasteiger partial charge is 0.229 e. The highest BCUT2D eigenvalue weighted by atomic mass is 127. The lowest BCUT2D eigenvalue weighted by atomic mass is 10.2. The zero-order chi connectivity index (χ0) is 18.5. The predicted molar refractivity (Wildman–Crippen MR) is 116 cm³/mol. The molecule has 1 fully saturated rings. The van der Waals surface area contributed by atoms with Crippen molar-refractivity contribution in [1.82, 2.24) is 20.2 Å². The summed E-state index contributed by atoms with van der Waals surface area (Å²) in [5.74, 6) is 2.38. The minimum absolute atomic E-state index is 0. The van der Waals surface area contributed by atoms with Crippen molar-refractivity contribution in [1.29, 1.82) is 0 Å². The number of methoxy groups -OCH3 is 1. The van der Waals surface area contributed by atoms with E-state index >= 15 is 0 Å². The van der Waals surface area contributed by atoms with Crippen LogP contribution in [-0.4, -0.2) is 48.2 Å². The molecule has 1 unspecified atom stereocenters. The molecule has 1 saturated heterocycles. The molecule has 0 bridgehead atoms. The number of aromatic nitrogens is 2. The van der Waals surface area contributed by atoms with Crippen molar-refractivity contribution in [2.75, 3.05) is 25.6 Å². The lowest BCUT2D eigenvalue weighted by Crippen LogP contribution is -2.44. The summed E-state index contributed by atoms with van der Waals surface area (Å²) in [5.41, 5.74) is 0.842. The SMILES string of the molecule is CN=C(NCc1nccn1C)NC1CC(=O)N(c2cccc(OC)c2)C1.I. The topological polar surface area (TPSA) is 83.8 Å². The van der Waals surface area contributed by atoms with Crippen molar-refractivity contribution in [2.24, 2.45) is 12.0 Å². The van der Waals surface area contributed by atoms with Gasteiger partial charge in [-0.15, -0.1) is 24.0 Å². The van der Waals surface area contributed by atoms with Crippen LogP contribution in [0.1, 0.15) is 12.2 Å². The zero-order valence-electron chi connectivity index (χ0n) is 15.7. The van der Waals surface area contributed by atoms with Crippen LogP contribution in [0.3, 0.4) is 0 Å². The highest BCUT2D eigenvalue weighted by molar-refractivity contribution is 14.0. The second kappa shape index (κ2) is 9.58. The lowest BCUT2D eigenvalue weighted by Gasteiger charge is -2.19. The van der Waals surface area contributed by atoms with Crippen molar-refractivity contribution in [3.05, 3.63) is 42.5 Å². The van der Waals surface area contributed by atoms with Crippen molar-refractivity contribution < 1.29 is 9.53 Å². The summed E-state index contributed by atoms with van der Waals surface area (Å²) in [6.45, 7) is 1.14. The molecule has 8 nitrogen and oxygen atoms in total. The Morgan fingerprint density at radius 1 is 1.44 bits per heavy atom. The number of aryl methyl sites for hydroxylation is 1. The van der Waals surface area contributed by atoms with Crippen LogP contribution in [0.2, 0.25) is 0 Å². The summed E-state index contributed by atoms with van der Waals surface area (Å²) in [7, 11) is 5.28. The fraction of sp³-hybridized carbons (Fsp3) is 0.389. The second-order valence-corrected chi connectivity index (χ2v) is 6.13.